The summed E-state index contributed by atoms with van der Waals surface area (Å²) in [4.78, 5) is 0. The number of para-hydroxylation sites is 1. The summed E-state index contributed by atoms with van der Waals surface area (Å²) in [5.74, 6) is -0.146. The largest absolute Gasteiger partial charge is 0.409 e. The van der Waals surface area contributed by atoms with Crippen molar-refractivity contribution in [1.29, 1.82) is 0 Å². The lowest BCUT2D eigenvalue weighted by Gasteiger charge is -2.13. The molecular weight excluding hydrogens is 242 g/mol. The van der Waals surface area contributed by atoms with Crippen LogP contribution in [0.15, 0.2) is 29.4 Å². The number of oxime groups is 1. The smallest absolute Gasteiger partial charge is 0.235 e. The van der Waals surface area contributed by atoms with Gasteiger partial charge in [0.25, 0.3) is 0 Å². The molecule has 0 unspecified atom stereocenters. The summed E-state index contributed by atoms with van der Waals surface area (Å²) in [6.07, 6.45) is 0. The maximum atomic E-state index is 11.7. The maximum Gasteiger partial charge on any atom is 0.235 e. The first-order valence-electron chi connectivity index (χ1n) is 4.97. The Morgan fingerprint density at radius 3 is 2.53 bits per heavy atom. The molecule has 0 heterocycles. The van der Waals surface area contributed by atoms with Gasteiger partial charge in [0.1, 0.15) is 0 Å². The van der Waals surface area contributed by atoms with Gasteiger partial charge in [0, 0.05) is 5.56 Å². The van der Waals surface area contributed by atoms with Crippen molar-refractivity contribution in [3.8, 4) is 0 Å². The van der Waals surface area contributed by atoms with Crippen LogP contribution in [0.5, 0.6) is 0 Å². The standard InChI is InChI=1S/C10H15N3O3S/c1-7(2)17(15,16)13-9-6-4-3-5-8(9)10(11)12-14/h3-7,13-14H,1-2H3,(H2,11,12). The monoisotopic (exact) mass is 257 g/mol. The lowest BCUT2D eigenvalue weighted by atomic mass is 10.2. The van der Waals surface area contributed by atoms with E-state index in [4.69, 9.17) is 10.9 Å². The lowest BCUT2D eigenvalue weighted by Crippen LogP contribution is -2.24. The van der Waals surface area contributed by atoms with E-state index in [0.717, 1.165) is 0 Å². The second kappa shape index (κ2) is 5.05. The van der Waals surface area contributed by atoms with Crippen molar-refractivity contribution >= 4 is 21.5 Å². The number of anilines is 1. The van der Waals surface area contributed by atoms with Crippen LogP contribution in [-0.4, -0.2) is 24.7 Å². The number of amidine groups is 1. The summed E-state index contributed by atoms with van der Waals surface area (Å²) in [5.41, 5.74) is 6.08. The average Bonchev–Trinajstić information content (AvgIpc) is 2.28. The van der Waals surface area contributed by atoms with Crippen LogP contribution in [0, 0.1) is 0 Å². The predicted octanol–water partition coefficient (Wildman–Crippen LogP) is 0.931. The molecule has 0 atom stereocenters. The number of hydrogen-bond acceptors (Lipinski definition) is 4. The first-order chi connectivity index (χ1) is 7.88. The molecule has 0 saturated carbocycles. The van der Waals surface area contributed by atoms with Crippen LogP contribution in [0.2, 0.25) is 0 Å². The van der Waals surface area contributed by atoms with E-state index in [9.17, 15) is 8.42 Å². The van der Waals surface area contributed by atoms with Gasteiger partial charge in [0.15, 0.2) is 5.84 Å². The molecule has 0 radical (unpaired) electrons. The minimum Gasteiger partial charge on any atom is -0.409 e. The molecule has 0 bridgehead atoms. The van der Waals surface area contributed by atoms with Crippen LogP contribution in [0.4, 0.5) is 5.69 Å². The van der Waals surface area contributed by atoms with Gasteiger partial charge in [0.2, 0.25) is 10.0 Å². The molecule has 17 heavy (non-hydrogen) atoms. The van der Waals surface area contributed by atoms with Gasteiger partial charge in [-0.1, -0.05) is 17.3 Å². The summed E-state index contributed by atoms with van der Waals surface area (Å²) in [6, 6.07) is 6.44. The number of nitrogens with two attached hydrogens (primary N) is 1. The molecule has 1 rings (SSSR count). The molecule has 4 N–H and O–H groups in total. The number of nitrogens with zero attached hydrogens (tertiary/aromatic N) is 1. The highest BCUT2D eigenvalue weighted by Crippen LogP contribution is 2.17. The predicted molar refractivity (Wildman–Crippen MR) is 66.6 cm³/mol. The zero-order chi connectivity index (χ0) is 13.1. The Kier molecular flexibility index (Phi) is 3.95. The van der Waals surface area contributed by atoms with Gasteiger partial charge in [-0.15, -0.1) is 0 Å². The first-order valence-corrected chi connectivity index (χ1v) is 6.51. The van der Waals surface area contributed by atoms with E-state index in [1.807, 2.05) is 0 Å². The first kappa shape index (κ1) is 13.3. The van der Waals surface area contributed by atoms with Crippen molar-refractivity contribution in [3.05, 3.63) is 29.8 Å². The van der Waals surface area contributed by atoms with E-state index in [0.29, 0.717) is 5.56 Å². The molecular formula is C10H15N3O3S. The number of rotatable bonds is 4. The summed E-state index contributed by atoms with van der Waals surface area (Å²) >= 11 is 0. The fourth-order valence-electron chi connectivity index (χ4n) is 1.12. The minimum atomic E-state index is -3.46. The third-order valence-corrected chi connectivity index (χ3v) is 3.93. The Morgan fingerprint density at radius 2 is 2.00 bits per heavy atom. The van der Waals surface area contributed by atoms with Crippen LogP contribution in [0.25, 0.3) is 0 Å². The van der Waals surface area contributed by atoms with Gasteiger partial charge in [-0.3, -0.25) is 4.72 Å². The van der Waals surface area contributed by atoms with Gasteiger partial charge in [-0.2, -0.15) is 0 Å². The van der Waals surface area contributed by atoms with E-state index in [1.54, 1.807) is 38.1 Å². The van der Waals surface area contributed by atoms with Gasteiger partial charge >= 0.3 is 0 Å². The van der Waals surface area contributed by atoms with Gasteiger partial charge in [0.05, 0.1) is 10.9 Å². The highest BCUT2D eigenvalue weighted by atomic mass is 32.2. The Labute approximate surface area is 100 Å². The Morgan fingerprint density at radius 1 is 1.41 bits per heavy atom. The van der Waals surface area contributed by atoms with Crippen molar-refractivity contribution in [1.82, 2.24) is 0 Å². The lowest BCUT2D eigenvalue weighted by molar-refractivity contribution is 0.318. The molecule has 94 valence electrons. The normalized spacial score (nSPS) is 12.8. The quantitative estimate of drug-likeness (QED) is 0.323. The third-order valence-electron chi connectivity index (χ3n) is 2.18. The van der Waals surface area contributed by atoms with Gasteiger partial charge < -0.3 is 10.9 Å². The molecule has 6 nitrogen and oxygen atoms in total. The molecule has 1 aromatic rings. The highest BCUT2D eigenvalue weighted by molar-refractivity contribution is 7.93. The van der Waals surface area contributed by atoms with Crippen molar-refractivity contribution < 1.29 is 13.6 Å². The van der Waals surface area contributed by atoms with Crippen LogP contribution in [0.1, 0.15) is 19.4 Å². The van der Waals surface area contributed by atoms with E-state index in [2.05, 4.69) is 9.88 Å². The summed E-state index contributed by atoms with van der Waals surface area (Å²) < 4.78 is 25.8. The Hall–Kier alpha value is -1.76. The summed E-state index contributed by atoms with van der Waals surface area (Å²) in [5, 5.41) is 10.9. The van der Waals surface area contributed by atoms with Crippen LogP contribution >= 0.6 is 0 Å². The zero-order valence-electron chi connectivity index (χ0n) is 9.58. The van der Waals surface area contributed by atoms with Crippen LogP contribution in [-0.2, 0) is 10.0 Å². The van der Waals surface area contributed by atoms with Gasteiger partial charge in [-0.05, 0) is 26.0 Å². The molecule has 0 aliphatic rings. The average molecular weight is 257 g/mol. The summed E-state index contributed by atoms with van der Waals surface area (Å²) in [6.45, 7) is 3.13. The Balaban J connectivity index is 3.17. The fourth-order valence-corrected chi connectivity index (χ4v) is 1.84. The van der Waals surface area contributed by atoms with Crippen LogP contribution < -0.4 is 10.5 Å². The molecule has 0 aromatic heterocycles. The summed E-state index contributed by atoms with van der Waals surface area (Å²) in [7, 11) is -3.46. The topological polar surface area (TPSA) is 105 Å². The molecule has 0 aliphatic carbocycles. The number of nitrogens with one attached hydrogen (secondary N) is 1. The van der Waals surface area contributed by atoms with Crippen molar-refractivity contribution in [2.75, 3.05) is 4.72 Å². The van der Waals surface area contributed by atoms with E-state index in [1.165, 1.54) is 0 Å². The molecule has 0 amide bonds. The third kappa shape index (κ3) is 3.10. The second-order valence-corrected chi connectivity index (χ2v) is 5.96. The second-order valence-electron chi connectivity index (χ2n) is 3.73. The van der Waals surface area contributed by atoms with Crippen molar-refractivity contribution in [3.63, 3.8) is 0 Å². The number of hydrogen-bond donors (Lipinski definition) is 3. The highest BCUT2D eigenvalue weighted by Gasteiger charge is 2.18. The van der Waals surface area contributed by atoms with Gasteiger partial charge in [-0.25, -0.2) is 8.42 Å². The van der Waals surface area contributed by atoms with Crippen molar-refractivity contribution in [2.45, 2.75) is 19.1 Å². The SMILES string of the molecule is CC(C)S(=O)(=O)Nc1ccccc1/C(N)=N/O. The maximum absolute atomic E-state index is 11.7. The van der Waals surface area contributed by atoms with E-state index < -0.39 is 15.3 Å². The number of benzene rings is 1. The van der Waals surface area contributed by atoms with E-state index >= 15 is 0 Å². The zero-order valence-corrected chi connectivity index (χ0v) is 10.4. The van der Waals surface area contributed by atoms with E-state index in [-0.39, 0.29) is 11.5 Å². The van der Waals surface area contributed by atoms with Crippen molar-refractivity contribution in [2.24, 2.45) is 10.9 Å². The molecule has 0 saturated heterocycles. The molecule has 0 spiro atoms. The molecule has 0 fully saturated rings. The van der Waals surface area contributed by atoms with Crippen LogP contribution in [0.3, 0.4) is 0 Å². The number of sulfonamides is 1. The molecule has 1 aromatic carbocycles. The Bertz CT molecular complexity index is 523. The molecule has 7 heteroatoms. The molecule has 0 aliphatic heterocycles. The fraction of sp³-hybridized carbons (Fsp3) is 0.300. The minimum absolute atomic E-state index is 0.146.